The maximum atomic E-state index is 12.7. The number of hydrogen-bond acceptors (Lipinski definition) is 6. The van der Waals surface area contributed by atoms with E-state index in [1.54, 1.807) is 26.4 Å². The molecule has 10 heteroatoms. The van der Waals surface area contributed by atoms with Crippen LogP contribution in [0.2, 0.25) is 0 Å². The van der Waals surface area contributed by atoms with Gasteiger partial charge in [0.1, 0.15) is 5.69 Å². The molecule has 2 aromatic carbocycles. The third-order valence-electron chi connectivity index (χ3n) is 5.08. The zero-order valence-electron chi connectivity index (χ0n) is 17.6. The van der Waals surface area contributed by atoms with Crippen LogP contribution in [0.3, 0.4) is 0 Å². The van der Waals surface area contributed by atoms with Crippen molar-refractivity contribution in [2.45, 2.75) is 31.7 Å². The Balaban J connectivity index is 1.86. The van der Waals surface area contributed by atoms with Gasteiger partial charge in [-0.05, 0) is 36.8 Å². The molecule has 1 heterocycles. The van der Waals surface area contributed by atoms with Gasteiger partial charge in [-0.15, -0.1) is 0 Å². The van der Waals surface area contributed by atoms with Crippen LogP contribution in [0, 0.1) is 10.1 Å². The molecule has 9 nitrogen and oxygen atoms in total. The van der Waals surface area contributed by atoms with Crippen LogP contribution in [-0.4, -0.2) is 40.3 Å². The van der Waals surface area contributed by atoms with Gasteiger partial charge in [-0.3, -0.25) is 10.1 Å². The largest absolute Gasteiger partial charge is 0.373 e. The lowest BCUT2D eigenvalue weighted by Crippen LogP contribution is -2.30. The molecule has 0 aliphatic rings. The molecular weight excluding hydrogens is 418 g/mol. The topological polar surface area (TPSA) is 110 Å². The molecule has 3 aromatic rings. The van der Waals surface area contributed by atoms with Crippen LogP contribution in [-0.2, 0) is 10.0 Å². The van der Waals surface area contributed by atoms with Gasteiger partial charge in [0, 0.05) is 43.3 Å². The number of rotatable bonds is 9. The fraction of sp³-hybridized carbons (Fsp3) is 0.286. The first-order chi connectivity index (χ1) is 14.8. The van der Waals surface area contributed by atoms with E-state index in [0.717, 1.165) is 17.3 Å². The lowest BCUT2D eigenvalue weighted by atomic mass is 10.1. The average molecular weight is 444 g/mol. The molecule has 164 valence electrons. The second-order valence-corrected chi connectivity index (χ2v) is 8.89. The molecule has 0 saturated heterocycles. The maximum absolute atomic E-state index is 12.7. The summed E-state index contributed by atoms with van der Waals surface area (Å²) in [6.07, 6.45) is 5.24. The summed E-state index contributed by atoms with van der Waals surface area (Å²) in [5.74, 6) is 0. The Kier molecular flexibility index (Phi) is 6.71. The van der Waals surface area contributed by atoms with Crippen molar-refractivity contribution in [3.63, 3.8) is 0 Å². The van der Waals surface area contributed by atoms with Crippen molar-refractivity contribution >= 4 is 21.4 Å². The van der Waals surface area contributed by atoms with E-state index in [2.05, 4.69) is 10.3 Å². The van der Waals surface area contributed by atoms with Crippen LogP contribution >= 0.6 is 0 Å². The molecule has 0 saturated carbocycles. The fourth-order valence-corrected chi connectivity index (χ4v) is 4.80. The maximum Gasteiger partial charge on any atom is 0.293 e. The van der Waals surface area contributed by atoms with Crippen molar-refractivity contribution in [1.82, 2.24) is 13.9 Å². The van der Waals surface area contributed by atoms with E-state index >= 15 is 0 Å². The zero-order chi connectivity index (χ0) is 22.6. The van der Waals surface area contributed by atoms with Crippen LogP contribution in [0.15, 0.2) is 66.1 Å². The van der Waals surface area contributed by atoms with Crippen molar-refractivity contribution < 1.29 is 13.3 Å². The molecule has 0 fully saturated rings. The third kappa shape index (κ3) is 4.75. The second-order valence-electron chi connectivity index (χ2n) is 6.95. The molecule has 31 heavy (non-hydrogen) atoms. The highest BCUT2D eigenvalue weighted by atomic mass is 32.2. The Morgan fingerprint density at radius 3 is 2.39 bits per heavy atom. The summed E-state index contributed by atoms with van der Waals surface area (Å²) in [4.78, 5) is 15.0. The first-order valence-corrected chi connectivity index (χ1v) is 11.3. The highest BCUT2D eigenvalue weighted by Crippen LogP contribution is 2.31. The molecule has 0 unspecified atom stereocenters. The van der Waals surface area contributed by atoms with E-state index in [1.165, 1.54) is 16.4 Å². The molecule has 0 bridgehead atoms. The molecule has 1 aromatic heterocycles. The fourth-order valence-electron chi connectivity index (χ4n) is 3.32. The van der Waals surface area contributed by atoms with E-state index in [1.807, 2.05) is 42.0 Å². The van der Waals surface area contributed by atoms with Gasteiger partial charge in [-0.1, -0.05) is 26.0 Å². The molecule has 1 atom stereocenters. The Morgan fingerprint density at radius 1 is 1.16 bits per heavy atom. The monoisotopic (exact) mass is 443 g/mol. The number of anilines is 1. The lowest BCUT2D eigenvalue weighted by Gasteiger charge is -2.20. The van der Waals surface area contributed by atoms with Crippen molar-refractivity contribution in [3.8, 4) is 5.69 Å². The predicted octanol–water partition coefficient (Wildman–Crippen LogP) is 3.98. The lowest BCUT2D eigenvalue weighted by molar-refractivity contribution is -0.384. The first kappa shape index (κ1) is 22.4. The number of benzene rings is 2. The molecule has 0 spiro atoms. The number of nitrogens with zero attached hydrogens (tertiary/aromatic N) is 4. The highest BCUT2D eigenvalue weighted by Gasteiger charge is 2.26. The molecule has 1 N–H and O–H groups in total. The number of imidazole rings is 1. The Bertz CT molecular complexity index is 1140. The molecule has 0 aliphatic heterocycles. The van der Waals surface area contributed by atoms with Gasteiger partial charge in [0.05, 0.1) is 16.1 Å². The standard InChI is InChI=1S/C21H25N5O4S/c1-4-25(5-2)31(29,30)19-10-11-20(21(14-19)26(27)28)23-16(3)17-6-8-18(9-7-17)24-13-12-22-15-24/h6-16,23H,4-5H2,1-3H3/t16-/m1/s1. The number of sulfonamides is 1. The van der Waals surface area contributed by atoms with Gasteiger partial charge < -0.3 is 9.88 Å². The van der Waals surface area contributed by atoms with E-state index in [9.17, 15) is 18.5 Å². The van der Waals surface area contributed by atoms with E-state index in [0.29, 0.717) is 13.1 Å². The van der Waals surface area contributed by atoms with Crippen LogP contribution in [0.4, 0.5) is 11.4 Å². The van der Waals surface area contributed by atoms with E-state index < -0.39 is 14.9 Å². The third-order valence-corrected chi connectivity index (χ3v) is 7.12. The molecule has 0 amide bonds. The summed E-state index contributed by atoms with van der Waals surface area (Å²) >= 11 is 0. The Labute approximate surface area is 181 Å². The quantitative estimate of drug-likeness (QED) is 0.396. The minimum Gasteiger partial charge on any atom is -0.373 e. The summed E-state index contributed by atoms with van der Waals surface area (Å²) in [6, 6.07) is 11.5. The van der Waals surface area contributed by atoms with E-state index in [-0.39, 0.29) is 22.3 Å². The number of nitro groups is 1. The number of nitrogens with one attached hydrogen (secondary N) is 1. The van der Waals surface area contributed by atoms with Gasteiger partial charge in [-0.2, -0.15) is 4.31 Å². The molecular formula is C21H25N5O4S. The SMILES string of the molecule is CCN(CC)S(=O)(=O)c1ccc(N[C@H](C)c2ccc(-n3ccnc3)cc2)c([N+](=O)[O-])c1. The van der Waals surface area contributed by atoms with Crippen LogP contribution in [0.5, 0.6) is 0 Å². The minimum atomic E-state index is -3.79. The first-order valence-electron chi connectivity index (χ1n) is 9.91. The summed E-state index contributed by atoms with van der Waals surface area (Å²) in [5, 5.41) is 14.8. The van der Waals surface area contributed by atoms with Gasteiger partial charge in [-0.25, -0.2) is 13.4 Å². The van der Waals surface area contributed by atoms with Gasteiger partial charge >= 0.3 is 0 Å². The normalized spacial score (nSPS) is 12.6. The summed E-state index contributed by atoms with van der Waals surface area (Å²) in [5.41, 5.74) is 1.85. The Hall–Kier alpha value is -3.24. The summed E-state index contributed by atoms with van der Waals surface area (Å²) in [6.45, 7) is 5.92. The van der Waals surface area contributed by atoms with Crippen molar-refractivity contribution in [2.24, 2.45) is 0 Å². The number of nitro benzene ring substituents is 1. The molecule has 0 radical (unpaired) electrons. The van der Waals surface area contributed by atoms with Gasteiger partial charge in [0.2, 0.25) is 10.0 Å². The second kappa shape index (κ2) is 9.27. The highest BCUT2D eigenvalue weighted by molar-refractivity contribution is 7.89. The zero-order valence-corrected chi connectivity index (χ0v) is 18.4. The van der Waals surface area contributed by atoms with Crippen molar-refractivity contribution in [3.05, 3.63) is 76.9 Å². The predicted molar refractivity (Wildman–Crippen MR) is 119 cm³/mol. The number of aromatic nitrogens is 2. The van der Waals surface area contributed by atoms with Gasteiger partial charge in [0.25, 0.3) is 5.69 Å². The van der Waals surface area contributed by atoms with Crippen LogP contribution in [0.1, 0.15) is 32.4 Å². The molecule has 3 rings (SSSR count). The smallest absolute Gasteiger partial charge is 0.293 e. The molecule has 0 aliphatic carbocycles. The summed E-state index contributed by atoms with van der Waals surface area (Å²) < 4.78 is 28.6. The Morgan fingerprint density at radius 2 is 1.84 bits per heavy atom. The number of hydrogen-bond donors (Lipinski definition) is 1. The van der Waals surface area contributed by atoms with Crippen molar-refractivity contribution in [1.29, 1.82) is 0 Å². The average Bonchev–Trinajstić information content (AvgIpc) is 3.29. The van der Waals surface area contributed by atoms with Gasteiger partial charge in [0.15, 0.2) is 0 Å². The van der Waals surface area contributed by atoms with Crippen LogP contribution < -0.4 is 5.32 Å². The van der Waals surface area contributed by atoms with Crippen LogP contribution in [0.25, 0.3) is 5.69 Å². The van der Waals surface area contributed by atoms with E-state index in [4.69, 9.17) is 0 Å². The minimum absolute atomic E-state index is 0.0919. The summed E-state index contributed by atoms with van der Waals surface area (Å²) in [7, 11) is -3.79. The van der Waals surface area contributed by atoms with Crippen molar-refractivity contribution in [2.75, 3.05) is 18.4 Å².